The maximum absolute atomic E-state index is 14.1. The van der Waals surface area contributed by atoms with Crippen LogP contribution in [0.2, 0.25) is 0 Å². The Morgan fingerprint density at radius 3 is 2.26 bits per heavy atom. The predicted molar refractivity (Wildman–Crippen MR) is 126 cm³/mol. The van der Waals surface area contributed by atoms with Gasteiger partial charge in [-0.15, -0.1) is 0 Å². The van der Waals surface area contributed by atoms with Crippen molar-refractivity contribution in [2.75, 3.05) is 32.6 Å². The van der Waals surface area contributed by atoms with Gasteiger partial charge in [-0.25, -0.2) is 12.8 Å². The van der Waals surface area contributed by atoms with Gasteiger partial charge in [-0.1, -0.05) is 27.7 Å². The van der Waals surface area contributed by atoms with Crippen LogP contribution >= 0.6 is 0 Å². The number of hydrogen-bond acceptors (Lipinski definition) is 6. The van der Waals surface area contributed by atoms with E-state index in [0.717, 1.165) is 0 Å². The number of methoxy groups -OCH3 is 1. The van der Waals surface area contributed by atoms with Crippen LogP contribution in [0, 0.1) is 5.82 Å². The van der Waals surface area contributed by atoms with Gasteiger partial charge in [-0.05, 0) is 53.9 Å². The summed E-state index contributed by atoms with van der Waals surface area (Å²) in [6, 6.07) is 3.01. The number of urea groups is 1. The molecule has 1 aromatic heterocycles. The first-order valence-electron chi connectivity index (χ1n) is 10.7. The molecule has 0 aliphatic rings. The molecule has 0 aliphatic carbocycles. The predicted octanol–water partition coefficient (Wildman–Crippen LogP) is 1.18. The number of carbonyl (C=O) groups excluding carboxylic acids is 1. The quantitative estimate of drug-likeness (QED) is 0.486. The number of halogens is 1. The van der Waals surface area contributed by atoms with E-state index in [1.165, 1.54) is 22.9 Å². The van der Waals surface area contributed by atoms with E-state index in [1.807, 2.05) is 39.6 Å². The molecule has 0 aliphatic heterocycles. The van der Waals surface area contributed by atoms with Gasteiger partial charge in [-0.2, -0.15) is 5.10 Å². The van der Waals surface area contributed by atoms with Crippen LogP contribution in [-0.4, -0.2) is 56.4 Å². The standard InChI is InChI=1S/C22H34FN5O4S.Na/c1-14(2)18-10-16(23)11-19(15(3)4)21(18)24-22(29)26-33(30,31)20-12-17(28(6)25-20)13-27(5)8-9-32-7;/h10-12,14-15H,8-9,13H2,1-7H3,(H2,24,26,29);/q;+1/p-1. The van der Waals surface area contributed by atoms with Crippen molar-refractivity contribution in [1.82, 2.24) is 14.7 Å². The Balaban J connectivity index is 0.00000578. The molecule has 0 saturated carbocycles. The number of sulfonamides is 1. The number of nitrogens with one attached hydrogen (secondary N) is 1. The second-order valence-corrected chi connectivity index (χ2v) is 10.1. The summed E-state index contributed by atoms with van der Waals surface area (Å²) in [6.45, 7) is 9.09. The Labute approximate surface area is 223 Å². The van der Waals surface area contributed by atoms with Crippen molar-refractivity contribution in [3.8, 4) is 0 Å². The van der Waals surface area contributed by atoms with Gasteiger partial charge >= 0.3 is 29.6 Å². The number of benzene rings is 1. The van der Waals surface area contributed by atoms with Crippen LogP contribution in [0.1, 0.15) is 56.4 Å². The minimum absolute atomic E-state index is 0. The van der Waals surface area contributed by atoms with Crippen molar-refractivity contribution >= 4 is 21.7 Å². The molecule has 34 heavy (non-hydrogen) atoms. The summed E-state index contributed by atoms with van der Waals surface area (Å²) in [6.07, 6.45) is 0. The normalized spacial score (nSPS) is 11.7. The third kappa shape index (κ3) is 8.03. The third-order valence-electron chi connectivity index (χ3n) is 5.17. The number of aromatic nitrogens is 2. The second-order valence-electron chi connectivity index (χ2n) is 8.59. The minimum atomic E-state index is -4.34. The number of ether oxygens (including phenoxy) is 1. The van der Waals surface area contributed by atoms with Crippen LogP contribution in [0.25, 0.3) is 4.72 Å². The number of hydrogen-bond donors (Lipinski definition) is 1. The number of anilines is 1. The Morgan fingerprint density at radius 2 is 1.76 bits per heavy atom. The zero-order valence-corrected chi connectivity index (χ0v) is 24.0. The van der Waals surface area contributed by atoms with E-state index < -0.39 is 21.9 Å². The van der Waals surface area contributed by atoms with Gasteiger partial charge in [0.1, 0.15) is 5.82 Å². The molecule has 0 bridgehead atoms. The summed E-state index contributed by atoms with van der Waals surface area (Å²) >= 11 is 0. The fraction of sp³-hybridized carbons (Fsp3) is 0.545. The molecular formula is C22H33FN5NaO4S. The van der Waals surface area contributed by atoms with Crippen molar-refractivity contribution in [3.05, 3.63) is 45.6 Å². The first-order chi connectivity index (χ1) is 15.4. The van der Waals surface area contributed by atoms with Gasteiger partial charge in [0.25, 0.3) is 0 Å². The second kappa shape index (κ2) is 13.0. The molecule has 2 rings (SSSR count). The zero-order valence-electron chi connectivity index (χ0n) is 21.2. The molecule has 2 aromatic rings. The van der Waals surface area contributed by atoms with Crippen LogP contribution in [0.3, 0.4) is 0 Å². The molecule has 0 spiro atoms. The van der Waals surface area contributed by atoms with Crippen molar-refractivity contribution in [2.45, 2.75) is 51.1 Å². The first kappa shape index (κ1) is 30.5. The summed E-state index contributed by atoms with van der Waals surface area (Å²) in [4.78, 5) is 14.6. The first-order valence-corrected chi connectivity index (χ1v) is 12.1. The molecule has 0 unspecified atom stereocenters. The van der Waals surface area contributed by atoms with Gasteiger partial charge in [-0.3, -0.25) is 14.4 Å². The molecule has 2 amide bonds. The Kier molecular flexibility index (Phi) is 11.7. The summed E-state index contributed by atoms with van der Waals surface area (Å²) in [5.41, 5.74) is 2.16. The Morgan fingerprint density at radius 1 is 1.21 bits per heavy atom. The van der Waals surface area contributed by atoms with E-state index in [4.69, 9.17) is 4.74 Å². The number of nitrogens with zero attached hydrogens (tertiary/aromatic N) is 4. The van der Waals surface area contributed by atoms with Crippen LogP contribution in [-0.2, 0) is 28.4 Å². The van der Waals surface area contributed by atoms with Gasteiger partial charge in [0.05, 0.1) is 12.3 Å². The summed E-state index contributed by atoms with van der Waals surface area (Å²) < 4.78 is 49.5. The van der Waals surface area contributed by atoms with E-state index >= 15 is 0 Å². The molecule has 1 heterocycles. The maximum Gasteiger partial charge on any atom is 1.00 e. The molecule has 1 aromatic carbocycles. The van der Waals surface area contributed by atoms with E-state index in [0.29, 0.717) is 42.2 Å². The Bertz CT molecular complexity index is 1060. The molecule has 9 nitrogen and oxygen atoms in total. The van der Waals surface area contributed by atoms with Crippen molar-refractivity contribution in [3.63, 3.8) is 0 Å². The summed E-state index contributed by atoms with van der Waals surface area (Å²) in [7, 11) is 0.762. The fourth-order valence-electron chi connectivity index (χ4n) is 3.34. The number of aryl methyl sites for hydroxylation is 1. The SMILES string of the molecule is COCCN(C)Cc1cc(S(=O)(=O)[N-]C(=O)Nc2c(C(C)C)cc(F)cc2C(C)C)nn1C.[Na+]. The molecule has 0 fully saturated rings. The number of carbonyl (C=O) groups is 1. The van der Waals surface area contributed by atoms with E-state index in [1.54, 1.807) is 14.2 Å². The van der Waals surface area contributed by atoms with Crippen molar-refractivity contribution in [2.24, 2.45) is 7.05 Å². The van der Waals surface area contributed by atoms with E-state index in [-0.39, 0.29) is 46.4 Å². The minimum Gasteiger partial charge on any atom is -0.423 e. The van der Waals surface area contributed by atoms with E-state index in [9.17, 15) is 17.6 Å². The maximum atomic E-state index is 14.1. The molecular weight excluding hydrogens is 472 g/mol. The monoisotopic (exact) mass is 505 g/mol. The molecule has 1 N–H and O–H groups in total. The van der Waals surface area contributed by atoms with Gasteiger partial charge in [0, 0.05) is 27.2 Å². The fourth-order valence-corrected chi connectivity index (χ4v) is 4.21. The van der Waals surface area contributed by atoms with Crippen LogP contribution in [0.4, 0.5) is 14.9 Å². The molecule has 184 valence electrons. The average molecular weight is 506 g/mol. The van der Waals surface area contributed by atoms with Crippen LogP contribution in [0.5, 0.6) is 0 Å². The third-order valence-corrected chi connectivity index (χ3v) is 6.31. The van der Waals surface area contributed by atoms with Crippen LogP contribution in [0.15, 0.2) is 23.2 Å². The molecule has 12 heteroatoms. The average Bonchev–Trinajstić information content (AvgIpc) is 3.07. The Hall–Kier alpha value is -1.50. The van der Waals surface area contributed by atoms with Gasteiger partial charge in [0.15, 0.2) is 11.1 Å². The number of rotatable bonds is 10. The number of amides is 2. The van der Waals surface area contributed by atoms with Gasteiger partial charge < -0.3 is 14.8 Å². The topological polar surface area (TPSA) is 108 Å². The number of likely N-dealkylation sites (N-methyl/N-ethyl adjacent to an activating group) is 1. The molecule has 0 radical (unpaired) electrons. The van der Waals surface area contributed by atoms with Crippen LogP contribution < -0.4 is 34.9 Å². The van der Waals surface area contributed by atoms with E-state index in [2.05, 4.69) is 15.1 Å². The van der Waals surface area contributed by atoms with Crippen molar-refractivity contribution in [1.29, 1.82) is 0 Å². The molecule has 0 saturated heterocycles. The largest absolute Gasteiger partial charge is 1.00 e. The zero-order chi connectivity index (χ0) is 24.9. The summed E-state index contributed by atoms with van der Waals surface area (Å²) in [5, 5.41) is 6.27. The molecule has 0 atom stereocenters. The van der Waals surface area contributed by atoms with Gasteiger partial charge in [0.2, 0.25) is 10.0 Å². The summed E-state index contributed by atoms with van der Waals surface area (Å²) in [5.74, 6) is -0.612. The smallest absolute Gasteiger partial charge is 0.423 e. The van der Waals surface area contributed by atoms with Crippen molar-refractivity contribution < 1.29 is 51.9 Å².